The van der Waals surface area contributed by atoms with Crippen LogP contribution in [0.1, 0.15) is 12.6 Å². The lowest BCUT2D eigenvalue weighted by molar-refractivity contribution is 0.184. The topological polar surface area (TPSA) is 149 Å². The van der Waals surface area contributed by atoms with E-state index in [1.54, 1.807) is 13.3 Å². The number of aromatic nitrogens is 4. The van der Waals surface area contributed by atoms with Gasteiger partial charge in [0.2, 0.25) is 0 Å². The van der Waals surface area contributed by atoms with Crippen molar-refractivity contribution in [3.05, 3.63) is 48.7 Å². The lowest BCUT2D eigenvalue weighted by atomic mass is 10.0. The monoisotopic (exact) mass is 680 g/mol. The van der Waals surface area contributed by atoms with E-state index in [1.807, 2.05) is 24.5 Å². The molecule has 1 atom stereocenters. The fraction of sp³-hybridized carbons (Fsp3) is 0.452. The molecule has 3 aromatic heterocycles. The maximum Gasteiger partial charge on any atom is 0.413 e. The van der Waals surface area contributed by atoms with Crippen molar-refractivity contribution in [2.75, 3.05) is 88.6 Å². The predicted octanol–water partition coefficient (Wildman–Crippen LogP) is 3.19. The van der Waals surface area contributed by atoms with Gasteiger partial charge in [0.25, 0.3) is 10.0 Å². The van der Waals surface area contributed by atoms with E-state index in [2.05, 4.69) is 76.1 Å². The molecule has 0 radical (unpaired) electrons. The molecular weight excluding hydrogens is 641 g/mol. The van der Waals surface area contributed by atoms with Crippen molar-refractivity contribution in [3.8, 4) is 11.1 Å². The third-order valence-electron chi connectivity index (χ3n) is 8.54. The number of benzene rings is 1. The van der Waals surface area contributed by atoms with Crippen molar-refractivity contribution in [2.45, 2.75) is 24.1 Å². The number of piperazine rings is 2. The highest BCUT2D eigenvalue weighted by Gasteiger charge is 2.32. The molecule has 0 bridgehead atoms. The SMILES string of the molecule is COC(=O)Nc1nc(C)c(S(=O)(=O)N2CCN(CC(C)Nc3ncnc4c(-c5cncc(N6CCN(C)CC6)c5)cccc34)CC2)s1. The summed E-state index contributed by atoms with van der Waals surface area (Å²) in [5, 5.41) is 7.14. The van der Waals surface area contributed by atoms with E-state index < -0.39 is 16.1 Å². The van der Waals surface area contributed by atoms with Gasteiger partial charge in [-0.25, -0.2) is 28.2 Å². The highest BCUT2D eigenvalue weighted by molar-refractivity contribution is 7.91. The first kappa shape index (κ1) is 33.0. The third kappa shape index (κ3) is 7.31. The number of anilines is 3. The van der Waals surface area contributed by atoms with E-state index in [0.29, 0.717) is 38.4 Å². The van der Waals surface area contributed by atoms with Crippen LogP contribution in [-0.2, 0) is 14.8 Å². The largest absolute Gasteiger partial charge is 0.453 e. The van der Waals surface area contributed by atoms with Crippen molar-refractivity contribution in [1.82, 2.24) is 34.0 Å². The Morgan fingerprint density at radius 1 is 1.06 bits per heavy atom. The lowest BCUT2D eigenvalue weighted by Crippen LogP contribution is -2.50. The van der Waals surface area contributed by atoms with Gasteiger partial charge in [0.15, 0.2) is 9.34 Å². The van der Waals surface area contributed by atoms with Crippen LogP contribution in [0, 0.1) is 6.92 Å². The quantitative estimate of drug-likeness (QED) is 0.267. The number of sulfonamides is 1. The van der Waals surface area contributed by atoms with Crippen molar-refractivity contribution in [1.29, 1.82) is 0 Å². The second-order valence-electron chi connectivity index (χ2n) is 11.9. The number of ether oxygens (including phenoxy) is 1. The van der Waals surface area contributed by atoms with Crippen LogP contribution in [-0.4, -0.2) is 128 Å². The molecule has 2 saturated heterocycles. The molecule has 6 rings (SSSR count). The van der Waals surface area contributed by atoms with Gasteiger partial charge in [-0.1, -0.05) is 23.5 Å². The number of nitrogens with zero attached hydrogens (tertiary/aromatic N) is 8. The summed E-state index contributed by atoms with van der Waals surface area (Å²) in [6.45, 7) is 10.3. The molecular formula is C31H40N10O4S2. The maximum absolute atomic E-state index is 13.4. The number of fused-ring (bicyclic) bond motifs is 1. The van der Waals surface area contributed by atoms with Crippen LogP contribution in [0.2, 0.25) is 0 Å². The Morgan fingerprint density at radius 3 is 2.57 bits per heavy atom. The maximum atomic E-state index is 13.4. The van der Waals surface area contributed by atoms with E-state index >= 15 is 0 Å². The Hall–Kier alpha value is -3.96. The number of para-hydroxylation sites is 1. The van der Waals surface area contributed by atoms with Gasteiger partial charge in [-0.05, 0) is 33.0 Å². The molecule has 0 aliphatic carbocycles. The summed E-state index contributed by atoms with van der Waals surface area (Å²) in [5.41, 5.74) is 4.34. The van der Waals surface area contributed by atoms with Gasteiger partial charge in [0.1, 0.15) is 12.1 Å². The summed E-state index contributed by atoms with van der Waals surface area (Å²) in [7, 11) is -0.359. The molecule has 2 aliphatic rings. The molecule has 0 saturated carbocycles. The predicted molar refractivity (Wildman–Crippen MR) is 184 cm³/mol. The average molecular weight is 681 g/mol. The van der Waals surface area contributed by atoms with Crippen LogP contribution >= 0.6 is 11.3 Å². The molecule has 0 spiro atoms. The van der Waals surface area contributed by atoms with Gasteiger partial charge in [0, 0.05) is 87.7 Å². The molecule has 1 unspecified atom stereocenters. The Bertz CT molecular complexity index is 1840. The first-order valence-electron chi connectivity index (χ1n) is 15.6. The number of carbonyl (C=O) groups is 1. The van der Waals surface area contributed by atoms with Crippen molar-refractivity contribution < 1.29 is 17.9 Å². The fourth-order valence-electron chi connectivity index (χ4n) is 6.00. The van der Waals surface area contributed by atoms with E-state index in [-0.39, 0.29) is 15.4 Å². The van der Waals surface area contributed by atoms with Crippen molar-refractivity contribution >= 4 is 55.0 Å². The number of amides is 1. The van der Waals surface area contributed by atoms with Crippen LogP contribution in [0.4, 0.5) is 21.4 Å². The minimum atomic E-state index is -3.75. The molecule has 1 aromatic carbocycles. The van der Waals surface area contributed by atoms with Gasteiger partial charge in [-0.3, -0.25) is 15.2 Å². The molecule has 1 amide bonds. The molecule has 2 N–H and O–H groups in total. The van der Waals surface area contributed by atoms with Crippen molar-refractivity contribution in [3.63, 3.8) is 0 Å². The number of rotatable bonds is 9. The number of aryl methyl sites for hydroxylation is 1. The normalized spacial score (nSPS) is 17.5. The van der Waals surface area contributed by atoms with Crippen LogP contribution in [0.3, 0.4) is 0 Å². The number of hydrogen-bond acceptors (Lipinski definition) is 13. The van der Waals surface area contributed by atoms with E-state index in [4.69, 9.17) is 0 Å². The first-order valence-corrected chi connectivity index (χ1v) is 17.8. The second-order valence-corrected chi connectivity index (χ2v) is 15.0. The zero-order valence-corrected chi connectivity index (χ0v) is 28.6. The molecule has 47 heavy (non-hydrogen) atoms. The van der Waals surface area contributed by atoms with Gasteiger partial charge in [-0.2, -0.15) is 4.31 Å². The van der Waals surface area contributed by atoms with Crippen LogP contribution < -0.4 is 15.5 Å². The Balaban J connectivity index is 1.10. The van der Waals surface area contributed by atoms with Gasteiger partial charge in [-0.15, -0.1) is 0 Å². The third-order valence-corrected chi connectivity index (χ3v) is 12.1. The number of methoxy groups -OCH3 is 1. The molecule has 14 nitrogen and oxygen atoms in total. The van der Waals surface area contributed by atoms with E-state index in [0.717, 1.165) is 71.1 Å². The second kappa shape index (κ2) is 14.0. The number of carbonyl (C=O) groups excluding carboxylic acids is 1. The fourth-order valence-corrected chi connectivity index (χ4v) is 8.96. The van der Waals surface area contributed by atoms with Crippen molar-refractivity contribution in [2.24, 2.45) is 0 Å². The summed E-state index contributed by atoms with van der Waals surface area (Å²) < 4.78 is 33.0. The average Bonchev–Trinajstić information content (AvgIpc) is 3.45. The number of hydrogen-bond donors (Lipinski definition) is 2. The highest BCUT2D eigenvalue weighted by Crippen LogP contribution is 2.33. The van der Waals surface area contributed by atoms with Gasteiger partial charge < -0.3 is 19.9 Å². The summed E-state index contributed by atoms with van der Waals surface area (Å²) in [6.07, 6.45) is 4.72. The molecule has 5 heterocycles. The molecule has 16 heteroatoms. The minimum absolute atomic E-state index is 0.0397. The molecule has 2 aliphatic heterocycles. The van der Waals surface area contributed by atoms with Crippen LogP contribution in [0.25, 0.3) is 22.0 Å². The summed E-state index contributed by atoms with van der Waals surface area (Å²) in [6, 6.07) is 8.36. The minimum Gasteiger partial charge on any atom is -0.453 e. The lowest BCUT2D eigenvalue weighted by Gasteiger charge is -2.35. The smallest absolute Gasteiger partial charge is 0.413 e. The summed E-state index contributed by atoms with van der Waals surface area (Å²) >= 11 is 0.928. The first-order chi connectivity index (χ1) is 22.6. The van der Waals surface area contributed by atoms with E-state index in [9.17, 15) is 13.2 Å². The number of thiazole rings is 1. The Morgan fingerprint density at radius 2 is 1.83 bits per heavy atom. The summed E-state index contributed by atoms with van der Waals surface area (Å²) in [5.74, 6) is 0.755. The number of pyridine rings is 1. The van der Waals surface area contributed by atoms with Crippen LogP contribution in [0.15, 0.2) is 47.2 Å². The summed E-state index contributed by atoms with van der Waals surface area (Å²) in [4.78, 5) is 36.5. The van der Waals surface area contributed by atoms with Gasteiger partial charge >= 0.3 is 6.09 Å². The number of likely N-dealkylation sites (N-methyl/N-ethyl adjacent to an activating group) is 1. The highest BCUT2D eigenvalue weighted by atomic mass is 32.2. The van der Waals surface area contributed by atoms with E-state index in [1.165, 1.54) is 11.4 Å². The zero-order valence-electron chi connectivity index (χ0n) is 27.0. The zero-order chi connectivity index (χ0) is 33.1. The molecule has 4 aromatic rings. The Kier molecular flexibility index (Phi) is 9.84. The molecule has 2 fully saturated rings. The Labute approximate surface area is 278 Å². The standard InChI is InChI=1S/C31H40N10O4S2/c1-21(19-39-10-14-41(15-11-39)47(43,44)29-22(2)36-30(46-29)37-31(42)45-4)35-28-26-7-5-6-25(27(26)33-20-34-28)23-16-24(18-32-17-23)40-12-8-38(3)9-13-40/h5-7,16-18,20-21H,8-15,19H2,1-4H3,(H,33,34,35)(H,36,37,42). The van der Waals surface area contributed by atoms with Crippen LogP contribution in [0.5, 0.6) is 0 Å². The number of nitrogens with one attached hydrogen (secondary N) is 2. The van der Waals surface area contributed by atoms with Gasteiger partial charge in [0.05, 0.1) is 30.2 Å². The molecule has 250 valence electrons.